The lowest BCUT2D eigenvalue weighted by Crippen LogP contribution is -2.28. The Morgan fingerprint density at radius 1 is 1.29 bits per heavy atom. The van der Waals surface area contributed by atoms with Crippen LogP contribution >= 0.6 is 11.3 Å². The first-order chi connectivity index (χ1) is 11.6. The molecule has 2 aromatic heterocycles. The number of rotatable bonds is 2. The Morgan fingerprint density at radius 2 is 2.17 bits per heavy atom. The maximum Gasteiger partial charge on any atom is 0.328 e. The summed E-state index contributed by atoms with van der Waals surface area (Å²) in [6.07, 6.45) is 1.86. The summed E-state index contributed by atoms with van der Waals surface area (Å²) >= 11 is 1.32. The maximum absolute atomic E-state index is 12.3. The van der Waals surface area contributed by atoms with Crippen LogP contribution in [0.4, 0.5) is 5.13 Å². The van der Waals surface area contributed by atoms with E-state index in [2.05, 4.69) is 20.3 Å². The van der Waals surface area contributed by atoms with E-state index in [0.29, 0.717) is 27.6 Å². The molecule has 3 N–H and O–H groups in total. The van der Waals surface area contributed by atoms with E-state index in [4.69, 9.17) is 4.74 Å². The number of thiazole rings is 1. The fourth-order valence-corrected chi connectivity index (χ4v) is 2.98. The molecule has 1 aliphatic heterocycles. The average Bonchev–Trinajstić information content (AvgIpc) is 3.05. The molecule has 0 radical (unpaired) electrons. The van der Waals surface area contributed by atoms with Crippen LogP contribution in [0.2, 0.25) is 0 Å². The number of amides is 1. The molecule has 9 heteroatoms. The van der Waals surface area contributed by atoms with Gasteiger partial charge in [-0.1, -0.05) is 0 Å². The Labute approximate surface area is 138 Å². The van der Waals surface area contributed by atoms with Gasteiger partial charge in [-0.05, 0) is 18.2 Å². The number of benzene rings is 1. The molecule has 8 nitrogen and oxygen atoms in total. The second-order valence-electron chi connectivity index (χ2n) is 5.11. The molecule has 0 saturated carbocycles. The molecule has 1 aliphatic rings. The van der Waals surface area contributed by atoms with Gasteiger partial charge in [-0.3, -0.25) is 24.9 Å². The zero-order chi connectivity index (χ0) is 16.7. The van der Waals surface area contributed by atoms with Gasteiger partial charge < -0.3 is 4.74 Å². The number of fused-ring (bicyclic) bond motifs is 2. The predicted octanol–water partition coefficient (Wildman–Crippen LogP) is 1.47. The average molecular weight is 342 g/mol. The number of carbonyl (C=O) groups excluding carboxylic acids is 1. The molecular weight excluding hydrogens is 332 g/mol. The van der Waals surface area contributed by atoms with Gasteiger partial charge in [0, 0.05) is 29.1 Å². The van der Waals surface area contributed by atoms with Crippen molar-refractivity contribution in [2.24, 2.45) is 0 Å². The highest BCUT2D eigenvalue weighted by atomic mass is 32.1. The summed E-state index contributed by atoms with van der Waals surface area (Å²) in [7, 11) is 0. The number of ether oxygens (including phenoxy) is 1. The number of carbonyl (C=O) groups is 1. The van der Waals surface area contributed by atoms with Gasteiger partial charge in [-0.15, -0.1) is 11.3 Å². The van der Waals surface area contributed by atoms with Gasteiger partial charge in [-0.25, -0.2) is 9.78 Å². The lowest BCUT2D eigenvalue weighted by molar-refractivity contribution is 0.102. The number of anilines is 1. The van der Waals surface area contributed by atoms with E-state index in [9.17, 15) is 14.4 Å². The Kier molecular flexibility index (Phi) is 3.28. The van der Waals surface area contributed by atoms with E-state index in [0.717, 1.165) is 0 Å². The molecule has 3 heterocycles. The second-order valence-corrected chi connectivity index (χ2v) is 6.00. The third kappa shape index (κ3) is 2.50. The Balaban J connectivity index is 1.66. The highest BCUT2D eigenvalue weighted by Crippen LogP contribution is 2.33. The standard InChI is InChI=1S/C15H10N4O4S/c20-11(18-15-16-3-4-24-15)7-1-2-10-8(5-7)6-9-12(21)17-14(22)19-13(9)23-10/h1-5H,6H2,(H,16,18,20)(H2,17,19,21,22). The van der Waals surface area contributed by atoms with Gasteiger partial charge in [0.2, 0.25) is 5.88 Å². The van der Waals surface area contributed by atoms with Crippen molar-refractivity contribution in [3.05, 3.63) is 67.3 Å². The van der Waals surface area contributed by atoms with Crippen molar-refractivity contribution in [3.63, 3.8) is 0 Å². The van der Waals surface area contributed by atoms with Gasteiger partial charge in [0.25, 0.3) is 11.5 Å². The fourth-order valence-electron chi connectivity index (χ4n) is 2.45. The van der Waals surface area contributed by atoms with Crippen LogP contribution in [0.3, 0.4) is 0 Å². The zero-order valence-electron chi connectivity index (χ0n) is 12.1. The quantitative estimate of drug-likeness (QED) is 0.510. The largest absolute Gasteiger partial charge is 0.440 e. The summed E-state index contributed by atoms with van der Waals surface area (Å²) in [4.78, 5) is 44.1. The minimum absolute atomic E-state index is 0.135. The molecule has 120 valence electrons. The van der Waals surface area contributed by atoms with Crippen molar-refractivity contribution >= 4 is 22.4 Å². The second kappa shape index (κ2) is 5.46. The van der Waals surface area contributed by atoms with Gasteiger partial charge in [0.15, 0.2) is 5.13 Å². The number of hydrogen-bond acceptors (Lipinski definition) is 6. The van der Waals surface area contributed by atoms with Crippen LogP contribution in [0.25, 0.3) is 0 Å². The Bertz CT molecular complexity index is 1050. The number of aromatic nitrogens is 3. The Hall–Kier alpha value is -3.20. The summed E-state index contributed by atoms with van der Waals surface area (Å²) in [6.45, 7) is 0. The van der Waals surface area contributed by atoms with Crippen LogP contribution in [0, 0.1) is 0 Å². The van der Waals surface area contributed by atoms with E-state index in [-0.39, 0.29) is 18.2 Å². The highest BCUT2D eigenvalue weighted by molar-refractivity contribution is 7.13. The zero-order valence-corrected chi connectivity index (χ0v) is 12.9. The summed E-state index contributed by atoms with van der Waals surface area (Å²) in [6, 6.07) is 4.90. The molecule has 1 aromatic carbocycles. The van der Waals surface area contributed by atoms with E-state index in [1.54, 1.807) is 29.8 Å². The summed E-state index contributed by atoms with van der Waals surface area (Å²) in [5, 5.41) is 4.97. The summed E-state index contributed by atoms with van der Waals surface area (Å²) < 4.78 is 5.56. The SMILES string of the molecule is O=C(Nc1nccs1)c1ccc2c(c1)Cc1c([nH]c(=O)[nH]c1=O)O2. The van der Waals surface area contributed by atoms with Crippen molar-refractivity contribution in [1.82, 2.24) is 15.0 Å². The molecule has 3 aromatic rings. The van der Waals surface area contributed by atoms with Crippen molar-refractivity contribution in [3.8, 4) is 11.6 Å². The number of nitrogens with one attached hydrogen (secondary N) is 3. The van der Waals surface area contributed by atoms with Gasteiger partial charge >= 0.3 is 5.69 Å². The van der Waals surface area contributed by atoms with Gasteiger partial charge in [-0.2, -0.15) is 0 Å². The Morgan fingerprint density at radius 3 is 2.96 bits per heavy atom. The van der Waals surface area contributed by atoms with Gasteiger partial charge in [0.05, 0.1) is 5.56 Å². The topological polar surface area (TPSA) is 117 Å². The lowest BCUT2D eigenvalue weighted by atomic mass is 10.0. The first-order valence-electron chi connectivity index (χ1n) is 6.97. The third-order valence-electron chi connectivity index (χ3n) is 3.56. The molecular formula is C15H10N4O4S. The normalized spacial score (nSPS) is 12.0. The summed E-state index contributed by atoms with van der Waals surface area (Å²) in [5.74, 6) is 0.333. The first-order valence-corrected chi connectivity index (χ1v) is 7.85. The minimum Gasteiger partial charge on any atom is -0.440 e. The maximum atomic E-state index is 12.3. The van der Waals surface area contributed by atoms with Gasteiger partial charge in [0.1, 0.15) is 5.75 Å². The minimum atomic E-state index is -0.623. The van der Waals surface area contributed by atoms with E-state index in [1.807, 2.05) is 0 Å². The molecule has 0 atom stereocenters. The molecule has 0 bridgehead atoms. The van der Waals surface area contributed by atoms with Crippen LogP contribution in [0.1, 0.15) is 21.5 Å². The lowest BCUT2D eigenvalue weighted by Gasteiger charge is -2.19. The number of aromatic amines is 2. The molecule has 0 saturated heterocycles. The number of H-pyrrole nitrogens is 2. The first kappa shape index (κ1) is 14.4. The van der Waals surface area contributed by atoms with Crippen LogP contribution in [0.5, 0.6) is 11.6 Å². The number of nitrogens with zero attached hydrogens (tertiary/aromatic N) is 1. The molecule has 0 aliphatic carbocycles. The molecule has 24 heavy (non-hydrogen) atoms. The molecule has 4 rings (SSSR count). The smallest absolute Gasteiger partial charge is 0.328 e. The van der Waals surface area contributed by atoms with Crippen molar-refractivity contribution in [2.75, 3.05) is 5.32 Å². The fraction of sp³-hybridized carbons (Fsp3) is 0.0667. The van der Waals surface area contributed by atoms with Crippen molar-refractivity contribution in [1.29, 1.82) is 0 Å². The number of hydrogen-bond donors (Lipinski definition) is 3. The monoisotopic (exact) mass is 342 g/mol. The van der Waals surface area contributed by atoms with Crippen molar-refractivity contribution < 1.29 is 9.53 Å². The molecule has 0 spiro atoms. The molecule has 1 amide bonds. The van der Waals surface area contributed by atoms with Crippen LogP contribution < -0.4 is 21.3 Å². The molecule has 0 unspecified atom stereocenters. The highest BCUT2D eigenvalue weighted by Gasteiger charge is 2.22. The van der Waals surface area contributed by atoms with Crippen LogP contribution in [-0.2, 0) is 6.42 Å². The van der Waals surface area contributed by atoms with E-state index in [1.165, 1.54) is 11.3 Å². The third-order valence-corrected chi connectivity index (χ3v) is 4.25. The van der Waals surface area contributed by atoms with Crippen LogP contribution in [-0.4, -0.2) is 20.9 Å². The van der Waals surface area contributed by atoms with Crippen LogP contribution in [0.15, 0.2) is 39.4 Å². The molecule has 0 fully saturated rings. The van der Waals surface area contributed by atoms with E-state index >= 15 is 0 Å². The summed E-state index contributed by atoms with van der Waals surface area (Å²) in [5.41, 5.74) is 0.307. The van der Waals surface area contributed by atoms with Crippen molar-refractivity contribution in [2.45, 2.75) is 6.42 Å². The van der Waals surface area contributed by atoms with E-state index < -0.39 is 11.2 Å². The predicted molar refractivity (Wildman–Crippen MR) is 87.1 cm³/mol.